The van der Waals surface area contributed by atoms with E-state index in [9.17, 15) is 4.39 Å². The molecule has 0 amide bonds. The number of nitrogens with zero attached hydrogens (tertiary/aromatic N) is 1. The fraction of sp³-hybridized carbons (Fsp3) is 0.538. The molecule has 0 aromatic heterocycles. The molecule has 1 unspecified atom stereocenters. The molecule has 0 spiro atoms. The van der Waals surface area contributed by atoms with Crippen LogP contribution < -0.4 is 10.2 Å². The van der Waals surface area contributed by atoms with Crippen molar-refractivity contribution in [3.63, 3.8) is 0 Å². The van der Waals surface area contributed by atoms with E-state index in [1.165, 1.54) is 0 Å². The van der Waals surface area contributed by atoms with Gasteiger partial charge in [-0.05, 0) is 31.0 Å². The summed E-state index contributed by atoms with van der Waals surface area (Å²) in [5.41, 5.74) is 1.73. The summed E-state index contributed by atoms with van der Waals surface area (Å²) in [7, 11) is 0. The number of piperazine rings is 1. The highest BCUT2D eigenvalue weighted by Gasteiger charge is 2.21. The number of benzene rings is 1. The van der Waals surface area contributed by atoms with Crippen molar-refractivity contribution in [2.75, 3.05) is 24.5 Å². The number of nitrogens with one attached hydrogen (secondary N) is 1. The van der Waals surface area contributed by atoms with Crippen LogP contribution in [0.15, 0.2) is 18.2 Å². The normalized spacial score (nSPS) is 21.2. The van der Waals surface area contributed by atoms with Gasteiger partial charge < -0.3 is 10.2 Å². The van der Waals surface area contributed by atoms with Gasteiger partial charge in [0.25, 0.3) is 0 Å². The molecule has 1 aliphatic rings. The van der Waals surface area contributed by atoms with E-state index >= 15 is 0 Å². The van der Waals surface area contributed by atoms with Crippen LogP contribution in [-0.2, 0) is 0 Å². The minimum atomic E-state index is -0.106. The van der Waals surface area contributed by atoms with Crippen LogP contribution in [0.3, 0.4) is 0 Å². The topological polar surface area (TPSA) is 15.3 Å². The molecule has 1 fully saturated rings. The molecule has 1 heterocycles. The molecule has 1 N–H and O–H groups in total. The van der Waals surface area contributed by atoms with Gasteiger partial charge in [0.15, 0.2) is 0 Å². The summed E-state index contributed by atoms with van der Waals surface area (Å²) in [6, 6.07) is 6.02. The lowest BCUT2D eigenvalue weighted by atomic mass is 10.1. The Balaban J connectivity index is 2.23. The van der Waals surface area contributed by atoms with Crippen LogP contribution in [0.1, 0.15) is 18.9 Å². The van der Waals surface area contributed by atoms with Crippen molar-refractivity contribution >= 4 is 5.69 Å². The first-order valence-corrected chi connectivity index (χ1v) is 5.96. The molecule has 0 aliphatic carbocycles. The summed E-state index contributed by atoms with van der Waals surface area (Å²) >= 11 is 0. The maximum atomic E-state index is 13.5. The Labute approximate surface area is 96.5 Å². The van der Waals surface area contributed by atoms with Crippen molar-refractivity contribution < 1.29 is 4.39 Å². The second-order valence-corrected chi connectivity index (χ2v) is 4.39. The lowest BCUT2D eigenvalue weighted by Gasteiger charge is -2.37. The highest BCUT2D eigenvalue weighted by atomic mass is 19.1. The first kappa shape index (κ1) is 11.4. The van der Waals surface area contributed by atoms with Gasteiger partial charge in [0, 0.05) is 31.4 Å². The molecule has 88 valence electrons. The second kappa shape index (κ2) is 4.83. The standard InChI is InChI=1S/C13H19FN2/c1-3-11-9-15-6-7-16(11)12-5-4-10(2)13(14)8-12/h4-5,8,11,15H,3,6-7,9H2,1-2H3. The average molecular weight is 222 g/mol. The van der Waals surface area contributed by atoms with Gasteiger partial charge in [0.2, 0.25) is 0 Å². The van der Waals surface area contributed by atoms with Crippen molar-refractivity contribution in [2.45, 2.75) is 26.3 Å². The minimum Gasteiger partial charge on any atom is -0.366 e. The van der Waals surface area contributed by atoms with Gasteiger partial charge in [0.05, 0.1) is 0 Å². The summed E-state index contributed by atoms with van der Waals surface area (Å²) < 4.78 is 13.5. The number of anilines is 1. The summed E-state index contributed by atoms with van der Waals surface area (Å²) in [5, 5.41) is 3.38. The van der Waals surface area contributed by atoms with Crippen molar-refractivity contribution in [1.29, 1.82) is 0 Å². The van der Waals surface area contributed by atoms with E-state index in [1.54, 1.807) is 13.0 Å². The van der Waals surface area contributed by atoms with Crippen LogP contribution in [-0.4, -0.2) is 25.7 Å². The van der Waals surface area contributed by atoms with Crippen LogP contribution >= 0.6 is 0 Å². The Morgan fingerprint density at radius 3 is 3.00 bits per heavy atom. The van der Waals surface area contributed by atoms with Gasteiger partial charge in [-0.3, -0.25) is 0 Å². The fourth-order valence-corrected chi connectivity index (χ4v) is 2.23. The van der Waals surface area contributed by atoms with Crippen LogP contribution in [0.2, 0.25) is 0 Å². The van der Waals surface area contributed by atoms with Crippen LogP contribution in [0.25, 0.3) is 0 Å². The van der Waals surface area contributed by atoms with Gasteiger partial charge in [-0.15, -0.1) is 0 Å². The Morgan fingerprint density at radius 2 is 2.31 bits per heavy atom. The third kappa shape index (κ3) is 2.19. The first-order valence-electron chi connectivity index (χ1n) is 5.96. The molecule has 0 saturated carbocycles. The molecular weight excluding hydrogens is 203 g/mol. The molecule has 1 aromatic carbocycles. The number of hydrogen-bond donors (Lipinski definition) is 1. The third-order valence-electron chi connectivity index (χ3n) is 3.31. The minimum absolute atomic E-state index is 0.106. The number of halogens is 1. The predicted molar refractivity (Wildman–Crippen MR) is 65.4 cm³/mol. The Morgan fingerprint density at radius 1 is 1.50 bits per heavy atom. The van der Waals surface area contributed by atoms with Crippen molar-refractivity contribution in [3.8, 4) is 0 Å². The smallest absolute Gasteiger partial charge is 0.128 e. The quantitative estimate of drug-likeness (QED) is 0.826. The first-order chi connectivity index (χ1) is 7.72. The number of aryl methyl sites for hydroxylation is 1. The van der Waals surface area contributed by atoms with Crippen LogP contribution in [0.4, 0.5) is 10.1 Å². The van der Waals surface area contributed by atoms with Gasteiger partial charge in [-0.2, -0.15) is 0 Å². The fourth-order valence-electron chi connectivity index (χ4n) is 2.23. The molecule has 1 saturated heterocycles. The molecular formula is C13H19FN2. The van der Waals surface area contributed by atoms with Crippen molar-refractivity contribution in [2.24, 2.45) is 0 Å². The monoisotopic (exact) mass is 222 g/mol. The molecule has 1 aromatic rings. The van der Waals surface area contributed by atoms with E-state index in [0.29, 0.717) is 11.6 Å². The maximum Gasteiger partial charge on any atom is 0.128 e. The van der Waals surface area contributed by atoms with E-state index in [4.69, 9.17) is 0 Å². The van der Waals surface area contributed by atoms with E-state index in [2.05, 4.69) is 17.1 Å². The van der Waals surface area contributed by atoms with E-state index in [-0.39, 0.29) is 5.82 Å². The zero-order valence-electron chi connectivity index (χ0n) is 9.96. The summed E-state index contributed by atoms with van der Waals surface area (Å²) in [4.78, 5) is 2.30. The lowest BCUT2D eigenvalue weighted by Crippen LogP contribution is -2.51. The van der Waals surface area contributed by atoms with Gasteiger partial charge in [-0.1, -0.05) is 13.0 Å². The maximum absolute atomic E-state index is 13.5. The molecule has 3 heteroatoms. The summed E-state index contributed by atoms with van der Waals surface area (Å²) in [6.45, 7) is 6.91. The zero-order valence-corrected chi connectivity index (χ0v) is 9.96. The molecule has 1 aliphatic heterocycles. The van der Waals surface area contributed by atoms with E-state index in [0.717, 1.165) is 31.7 Å². The summed E-state index contributed by atoms with van der Waals surface area (Å²) in [5.74, 6) is -0.106. The molecule has 0 bridgehead atoms. The zero-order chi connectivity index (χ0) is 11.5. The molecule has 2 nitrogen and oxygen atoms in total. The molecule has 16 heavy (non-hydrogen) atoms. The highest BCUT2D eigenvalue weighted by molar-refractivity contribution is 5.49. The summed E-state index contributed by atoms with van der Waals surface area (Å²) in [6.07, 6.45) is 1.09. The number of rotatable bonds is 2. The predicted octanol–water partition coefficient (Wildman–Crippen LogP) is 2.32. The van der Waals surface area contributed by atoms with Crippen LogP contribution in [0.5, 0.6) is 0 Å². The van der Waals surface area contributed by atoms with Gasteiger partial charge >= 0.3 is 0 Å². The Bertz CT molecular complexity index is 365. The van der Waals surface area contributed by atoms with E-state index < -0.39 is 0 Å². The van der Waals surface area contributed by atoms with Crippen LogP contribution in [0, 0.1) is 12.7 Å². The van der Waals surface area contributed by atoms with Gasteiger partial charge in [-0.25, -0.2) is 4.39 Å². The lowest BCUT2D eigenvalue weighted by molar-refractivity contribution is 0.465. The molecule has 2 rings (SSSR count). The SMILES string of the molecule is CCC1CNCCN1c1ccc(C)c(F)c1. The average Bonchev–Trinajstić information content (AvgIpc) is 2.32. The third-order valence-corrected chi connectivity index (χ3v) is 3.31. The Kier molecular flexibility index (Phi) is 3.44. The second-order valence-electron chi connectivity index (χ2n) is 4.39. The van der Waals surface area contributed by atoms with Crippen molar-refractivity contribution in [1.82, 2.24) is 5.32 Å². The molecule has 0 radical (unpaired) electrons. The van der Waals surface area contributed by atoms with E-state index in [1.807, 2.05) is 12.1 Å². The number of hydrogen-bond acceptors (Lipinski definition) is 2. The molecule has 1 atom stereocenters. The largest absolute Gasteiger partial charge is 0.366 e. The van der Waals surface area contributed by atoms with Gasteiger partial charge in [0.1, 0.15) is 5.82 Å². The Hall–Kier alpha value is -1.09. The highest BCUT2D eigenvalue weighted by Crippen LogP contribution is 2.22. The van der Waals surface area contributed by atoms with Crippen molar-refractivity contribution in [3.05, 3.63) is 29.6 Å².